The summed E-state index contributed by atoms with van der Waals surface area (Å²) in [5, 5.41) is 1.00. The molecule has 0 spiro atoms. The molecule has 0 unspecified atom stereocenters. The summed E-state index contributed by atoms with van der Waals surface area (Å²) in [5.74, 6) is 0.847. The van der Waals surface area contributed by atoms with Crippen LogP contribution in [0.3, 0.4) is 0 Å². The third-order valence-electron chi connectivity index (χ3n) is 8.84. The van der Waals surface area contributed by atoms with Crippen molar-refractivity contribution in [2.45, 2.75) is 44.4 Å². The Morgan fingerprint density at radius 3 is 2.20 bits per heavy atom. The predicted octanol–water partition coefficient (Wildman–Crippen LogP) is 8.33. The van der Waals surface area contributed by atoms with Crippen molar-refractivity contribution in [2.24, 2.45) is 0 Å². The van der Waals surface area contributed by atoms with Crippen LogP contribution in [0.15, 0.2) is 97.2 Å². The lowest BCUT2D eigenvalue weighted by atomic mass is 9.83. The molecule has 1 aliphatic heterocycles. The van der Waals surface area contributed by atoms with Crippen molar-refractivity contribution in [2.75, 3.05) is 10.8 Å². The molecule has 46 heavy (non-hydrogen) atoms. The molecule has 0 radical (unpaired) electrons. The van der Waals surface area contributed by atoms with E-state index in [1.807, 2.05) is 27.6 Å². The molecule has 2 heterocycles. The summed E-state index contributed by atoms with van der Waals surface area (Å²) in [4.78, 5) is 16.9. The zero-order valence-corrected chi connectivity index (χ0v) is 27.3. The topological polar surface area (TPSA) is 84.3 Å². The Bertz CT molecular complexity index is 2020. The summed E-state index contributed by atoms with van der Waals surface area (Å²) >= 11 is 12.7. The third-order valence-corrected chi connectivity index (χ3v) is 10.8. The van der Waals surface area contributed by atoms with Gasteiger partial charge in [-0.1, -0.05) is 97.1 Å². The molecular weight excluding hydrogens is 639 g/mol. The van der Waals surface area contributed by atoms with E-state index in [2.05, 4.69) is 48.5 Å². The smallest absolute Gasteiger partial charge is 0.303 e. The van der Waals surface area contributed by atoms with E-state index in [-0.39, 0.29) is 6.54 Å². The molecule has 0 bridgehead atoms. The number of amides is 1. The lowest BCUT2D eigenvalue weighted by Crippen LogP contribution is -2.29. The summed E-state index contributed by atoms with van der Waals surface area (Å²) in [6.07, 6.45) is 8.97. The Morgan fingerprint density at radius 1 is 0.826 bits per heavy atom. The van der Waals surface area contributed by atoms with Crippen LogP contribution in [0.1, 0.15) is 55.0 Å². The zero-order chi connectivity index (χ0) is 31.8. The molecule has 5 aromatic rings. The number of carbonyl (C=O) groups excluding carboxylic acids is 1. The van der Waals surface area contributed by atoms with Crippen LogP contribution < -0.4 is 9.03 Å². The number of rotatable bonds is 7. The van der Waals surface area contributed by atoms with Gasteiger partial charge < -0.3 is 4.57 Å². The maximum atomic E-state index is 12.6. The Hall–Kier alpha value is -4.11. The van der Waals surface area contributed by atoms with Crippen molar-refractivity contribution in [3.8, 4) is 28.1 Å². The van der Waals surface area contributed by atoms with Gasteiger partial charge in [0.15, 0.2) is 0 Å². The molecule has 2 fully saturated rings. The Kier molecular flexibility index (Phi) is 8.36. The largest absolute Gasteiger partial charge is 0.326 e. The number of anilines is 1. The number of hydrogen-bond acceptors (Lipinski definition) is 4. The van der Waals surface area contributed by atoms with Gasteiger partial charge >= 0.3 is 10.2 Å². The van der Waals surface area contributed by atoms with E-state index < -0.39 is 16.1 Å². The lowest BCUT2D eigenvalue weighted by Gasteiger charge is -2.22. The van der Waals surface area contributed by atoms with Crippen LogP contribution in [0.5, 0.6) is 0 Å². The molecule has 10 heteroatoms. The molecule has 1 aliphatic carbocycles. The Morgan fingerprint density at radius 2 is 1.52 bits per heavy atom. The summed E-state index contributed by atoms with van der Waals surface area (Å²) < 4.78 is 30.1. The van der Waals surface area contributed by atoms with Crippen molar-refractivity contribution in [3.05, 3.63) is 124 Å². The monoisotopic (exact) mass is 670 g/mol. The summed E-state index contributed by atoms with van der Waals surface area (Å²) in [7, 11) is -3.95. The fourth-order valence-corrected chi connectivity index (χ4v) is 8.10. The van der Waals surface area contributed by atoms with Gasteiger partial charge in [-0.2, -0.15) is 8.42 Å². The van der Waals surface area contributed by atoms with Gasteiger partial charge in [0, 0.05) is 28.9 Å². The number of benzene rings is 4. The number of hydrogen-bond donors (Lipinski definition) is 1. The minimum Gasteiger partial charge on any atom is -0.303 e. The van der Waals surface area contributed by atoms with Crippen molar-refractivity contribution in [1.29, 1.82) is 0 Å². The van der Waals surface area contributed by atoms with Gasteiger partial charge in [0.25, 0.3) is 5.91 Å². The van der Waals surface area contributed by atoms with Gasteiger partial charge in [-0.05, 0) is 77.4 Å². The first-order chi connectivity index (χ1) is 22.2. The molecule has 1 amide bonds. The first-order valence-corrected chi connectivity index (χ1v) is 17.6. The van der Waals surface area contributed by atoms with E-state index in [0.717, 1.165) is 26.8 Å². The molecule has 4 aromatic carbocycles. The Labute approximate surface area is 279 Å². The van der Waals surface area contributed by atoms with E-state index in [4.69, 9.17) is 28.2 Å². The van der Waals surface area contributed by atoms with Crippen molar-refractivity contribution in [1.82, 2.24) is 14.3 Å². The highest BCUT2D eigenvalue weighted by molar-refractivity contribution is 7.92. The predicted molar refractivity (Wildman–Crippen MR) is 184 cm³/mol. The van der Waals surface area contributed by atoms with Crippen LogP contribution in [0.2, 0.25) is 10.0 Å². The second-order valence-electron chi connectivity index (χ2n) is 11.9. The average Bonchev–Trinajstić information content (AvgIpc) is 3.60. The maximum absolute atomic E-state index is 12.6. The van der Waals surface area contributed by atoms with Crippen molar-refractivity contribution < 1.29 is 13.2 Å². The summed E-state index contributed by atoms with van der Waals surface area (Å²) in [6.45, 7) is -0.274. The fraction of sp³-hybridized carbons (Fsp3) is 0.222. The van der Waals surface area contributed by atoms with E-state index in [1.54, 1.807) is 30.3 Å². The first kappa shape index (κ1) is 30.5. The van der Waals surface area contributed by atoms with Crippen LogP contribution in [0, 0.1) is 0 Å². The summed E-state index contributed by atoms with van der Waals surface area (Å²) in [6, 6.07) is 29.8. The Balaban J connectivity index is 1.20. The van der Waals surface area contributed by atoms with Gasteiger partial charge in [0.2, 0.25) is 0 Å². The zero-order valence-electron chi connectivity index (χ0n) is 25.0. The number of imidazole rings is 1. The quantitative estimate of drug-likeness (QED) is 0.189. The van der Waals surface area contributed by atoms with Crippen LogP contribution in [-0.4, -0.2) is 30.4 Å². The minimum atomic E-state index is -3.95. The number of nitrogens with zero attached hydrogens (tertiary/aromatic N) is 3. The number of nitrogens with one attached hydrogen (secondary N) is 1. The van der Waals surface area contributed by atoms with Crippen LogP contribution in [0.4, 0.5) is 5.69 Å². The average molecular weight is 672 g/mol. The number of halogens is 2. The highest BCUT2D eigenvalue weighted by Gasteiger charge is 2.34. The SMILES string of the molecule is O=C1CN(c2cccc(-n3cc(-c4ccc(Cl)cc4Cl)nc3Cc3ccc(-c4ccc(C5CCCCC5)cc4)cc3)c2)S(=O)(=O)N1. The molecule has 7 rings (SSSR count). The molecule has 1 N–H and O–H groups in total. The molecule has 1 aromatic heterocycles. The van der Waals surface area contributed by atoms with Gasteiger partial charge in [-0.3, -0.25) is 4.79 Å². The maximum Gasteiger partial charge on any atom is 0.326 e. The molecule has 7 nitrogen and oxygen atoms in total. The van der Waals surface area contributed by atoms with Gasteiger partial charge in [-0.25, -0.2) is 14.0 Å². The first-order valence-electron chi connectivity index (χ1n) is 15.4. The van der Waals surface area contributed by atoms with Crippen molar-refractivity contribution >= 4 is 45.0 Å². The molecule has 2 aliphatic rings. The van der Waals surface area contributed by atoms with E-state index in [1.165, 1.54) is 43.2 Å². The fourth-order valence-electron chi connectivity index (χ4n) is 6.45. The second-order valence-corrected chi connectivity index (χ2v) is 14.4. The highest BCUT2D eigenvalue weighted by Crippen LogP contribution is 2.35. The van der Waals surface area contributed by atoms with Crippen molar-refractivity contribution in [3.63, 3.8) is 0 Å². The second kappa shape index (κ2) is 12.6. The van der Waals surface area contributed by atoms with Crippen LogP contribution in [-0.2, 0) is 21.4 Å². The van der Waals surface area contributed by atoms with Crippen LogP contribution in [0.25, 0.3) is 28.1 Å². The summed E-state index contributed by atoms with van der Waals surface area (Å²) in [5.41, 5.74) is 7.30. The van der Waals surface area contributed by atoms with E-state index in [0.29, 0.717) is 39.5 Å². The normalized spacial score (nSPS) is 16.5. The van der Waals surface area contributed by atoms with Gasteiger partial charge in [-0.15, -0.1) is 0 Å². The number of carbonyl (C=O) groups is 1. The highest BCUT2D eigenvalue weighted by atomic mass is 35.5. The van der Waals surface area contributed by atoms with E-state index >= 15 is 0 Å². The third kappa shape index (κ3) is 6.30. The van der Waals surface area contributed by atoms with Gasteiger partial charge in [0.05, 0.1) is 16.4 Å². The molecule has 234 valence electrons. The van der Waals surface area contributed by atoms with Gasteiger partial charge in [0.1, 0.15) is 12.4 Å². The molecule has 0 atom stereocenters. The number of aromatic nitrogens is 2. The van der Waals surface area contributed by atoms with E-state index in [9.17, 15) is 13.2 Å². The molecule has 1 saturated heterocycles. The van der Waals surface area contributed by atoms with Crippen LogP contribution >= 0.6 is 23.2 Å². The standard InChI is InChI=1S/C36H32Cl2N4O3S/c37-29-17-18-32(33(38)20-29)34-22-41(30-7-4-8-31(21-30)42-23-36(43)40-46(42,44)45)35(39-34)19-24-9-11-26(12-10-24)28-15-13-27(14-16-28)25-5-2-1-3-6-25/h4,7-18,20-22,25H,1-3,5-6,19,23H2,(H,40,43). The lowest BCUT2D eigenvalue weighted by molar-refractivity contribution is -0.117. The minimum absolute atomic E-state index is 0.274. The molecule has 1 saturated carbocycles. The molecular formula is C36H32Cl2N4O3S.